The molecule has 0 N–H and O–H groups in total. The molecule has 12 heavy (non-hydrogen) atoms. The predicted octanol–water partition coefficient (Wildman–Crippen LogP) is 1.72. The lowest BCUT2D eigenvalue weighted by Crippen LogP contribution is -2.22. The van der Waals surface area contributed by atoms with Crippen LogP contribution in [0.4, 0.5) is 0 Å². The number of hydrogen-bond donors (Lipinski definition) is 0. The lowest BCUT2D eigenvalue weighted by Gasteiger charge is -2.25. The molecule has 0 aliphatic heterocycles. The van der Waals surface area contributed by atoms with E-state index in [0.717, 1.165) is 5.82 Å². The van der Waals surface area contributed by atoms with Crippen LogP contribution in [-0.2, 0) is 11.5 Å². The van der Waals surface area contributed by atoms with Crippen LogP contribution in [0.2, 0.25) is 0 Å². The van der Waals surface area contributed by atoms with Crippen molar-refractivity contribution in [1.82, 2.24) is 9.55 Å². The molecule has 0 amide bonds. The summed E-state index contributed by atoms with van der Waals surface area (Å²) in [5.74, 6) is 1.02. The Kier molecular flexibility index (Phi) is 2.13. The van der Waals surface area contributed by atoms with E-state index >= 15 is 0 Å². The van der Waals surface area contributed by atoms with Gasteiger partial charge in [0.05, 0.1) is 6.10 Å². The first-order valence-corrected chi connectivity index (χ1v) is 4.45. The molecular weight excluding hydrogens is 152 g/mol. The average Bonchev–Trinajstić information content (AvgIpc) is 2.33. The van der Waals surface area contributed by atoms with E-state index in [-0.39, 0.29) is 0 Å². The monoisotopic (exact) mass is 166 g/mol. The van der Waals surface area contributed by atoms with Gasteiger partial charge in [0.1, 0.15) is 12.6 Å². The second kappa shape index (κ2) is 3.27. The number of aromatic nitrogens is 2. The smallest absolute Gasteiger partial charge is 0.124 e. The van der Waals surface area contributed by atoms with Gasteiger partial charge in [-0.1, -0.05) is 0 Å². The molecular formula is C9H14N2O. The van der Waals surface area contributed by atoms with Crippen LogP contribution >= 0.6 is 0 Å². The fraction of sp³-hybridized carbons (Fsp3) is 0.667. The Labute approximate surface area is 72.4 Å². The maximum atomic E-state index is 5.63. The Hall–Kier alpha value is -0.830. The Morgan fingerprint density at radius 2 is 2.50 bits per heavy atom. The van der Waals surface area contributed by atoms with Crippen LogP contribution < -0.4 is 0 Å². The summed E-state index contributed by atoms with van der Waals surface area (Å²) < 4.78 is 7.65. The topological polar surface area (TPSA) is 27.1 Å². The molecule has 1 fully saturated rings. The van der Waals surface area contributed by atoms with E-state index in [0.29, 0.717) is 12.8 Å². The minimum Gasteiger partial charge on any atom is -0.358 e. The fourth-order valence-corrected chi connectivity index (χ4v) is 1.26. The number of aryl methyl sites for hydroxylation is 1. The molecule has 0 unspecified atom stereocenters. The highest BCUT2D eigenvalue weighted by Crippen LogP contribution is 2.22. The number of rotatable bonds is 3. The summed E-state index contributed by atoms with van der Waals surface area (Å²) in [5, 5.41) is 0. The van der Waals surface area contributed by atoms with Crippen molar-refractivity contribution < 1.29 is 4.74 Å². The highest BCUT2D eigenvalue weighted by molar-refractivity contribution is 4.87. The third-order valence-corrected chi connectivity index (χ3v) is 2.43. The van der Waals surface area contributed by atoms with Crippen molar-refractivity contribution in [1.29, 1.82) is 0 Å². The van der Waals surface area contributed by atoms with Crippen molar-refractivity contribution in [2.45, 2.75) is 39.0 Å². The molecule has 0 aromatic carbocycles. The van der Waals surface area contributed by atoms with Gasteiger partial charge < -0.3 is 9.30 Å². The highest BCUT2D eigenvalue weighted by atomic mass is 16.5. The molecule has 0 saturated heterocycles. The quantitative estimate of drug-likeness (QED) is 0.683. The highest BCUT2D eigenvalue weighted by Gasteiger charge is 2.17. The van der Waals surface area contributed by atoms with E-state index < -0.39 is 0 Å². The van der Waals surface area contributed by atoms with Gasteiger partial charge in [-0.15, -0.1) is 0 Å². The van der Waals surface area contributed by atoms with E-state index in [1.807, 2.05) is 17.7 Å². The number of nitrogens with zero attached hydrogens (tertiary/aromatic N) is 2. The first-order valence-electron chi connectivity index (χ1n) is 4.45. The standard InChI is InChI=1S/C9H14N2O/c1-8-10-5-6-11(8)7-12-9-3-2-4-9/h5-6,9H,2-4,7H2,1H3. The molecule has 1 aromatic heterocycles. The summed E-state index contributed by atoms with van der Waals surface area (Å²) in [7, 11) is 0. The summed E-state index contributed by atoms with van der Waals surface area (Å²) in [6.07, 6.45) is 8.05. The van der Waals surface area contributed by atoms with Gasteiger partial charge in [-0.05, 0) is 26.2 Å². The van der Waals surface area contributed by atoms with E-state index in [1.54, 1.807) is 6.20 Å². The molecule has 1 heterocycles. The van der Waals surface area contributed by atoms with Crippen molar-refractivity contribution in [3.05, 3.63) is 18.2 Å². The van der Waals surface area contributed by atoms with E-state index in [9.17, 15) is 0 Å². The SMILES string of the molecule is Cc1nccn1COC1CCC1. The molecule has 0 spiro atoms. The zero-order valence-electron chi connectivity index (χ0n) is 7.36. The average molecular weight is 166 g/mol. The summed E-state index contributed by atoms with van der Waals surface area (Å²) in [5.41, 5.74) is 0. The van der Waals surface area contributed by atoms with Crippen LogP contribution in [0, 0.1) is 6.92 Å². The summed E-state index contributed by atoms with van der Waals surface area (Å²) in [4.78, 5) is 4.12. The zero-order chi connectivity index (χ0) is 8.39. The Balaban J connectivity index is 1.82. The Morgan fingerprint density at radius 3 is 3.00 bits per heavy atom. The molecule has 1 aromatic rings. The summed E-state index contributed by atoms with van der Waals surface area (Å²) >= 11 is 0. The van der Waals surface area contributed by atoms with Crippen LogP contribution in [0.15, 0.2) is 12.4 Å². The van der Waals surface area contributed by atoms with Gasteiger partial charge in [-0.2, -0.15) is 0 Å². The molecule has 0 radical (unpaired) electrons. The molecule has 3 nitrogen and oxygen atoms in total. The van der Waals surface area contributed by atoms with Gasteiger partial charge in [-0.25, -0.2) is 4.98 Å². The van der Waals surface area contributed by atoms with Gasteiger partial charge >= 0.3 is 0 Å². The van der Waals surface area contributed by atoms with Gasteiger partial charge in [0.2, 0.25) is 0 Å². The molecule has 2 rings (SSSR count). The second-order valence-corrected chi connectivity index (χ2v) is 3.29. The molecule has 3 heteroatoms. The van der Waals surface area contributed by atoms with E-state index in [4.69, 9.17) is 4.74 Å². The maximum absolute atomic E-state index is 5.63. The maximum Gasteiger partial charge on any atom is 0.124 e. The second-order valence-electron chi connectivity index (χ2n) is 3.29. The minimum absolute atomic E-state index is 0.506. The molecule has 66 valence electrons. The Morgan fingerprint density at radius 1 is 1.67 bits per heavy atom. The van der Waals surface area contributed by atoms with Crippen LogP contribution in [0.5, 0.6) is 0 Å². The van der Waals surface area contributed by atoms with Crippen LogP contribution in [0.25, 0.3) is 0 Å². The number of hydrogen-bond acceptors (Lipinski definition) is 2. The van der Waals surface area contributed by atoms with Gasteiger partial charge in [0, 0.05) is 12.4 Å². The van der Waals surface area contributed by atoms with E-state index in [2.05, 4.69) is 4.98 Å². The molecule has 1 aliphatic rings. The van der Waals surface area contributed by atoms with Crippen molar-refractivity contribution >= 4 is 0 Å². The first kappa shape index (κ1) is 7.80. The lowest BCUT2D eigenvalue weighted by molar-refractivity contribution is -0.0361. The van der Waals surface area contributed by atoms with Gasteiger partial charge in [-0.3, -0.25) is 0 Å². The van der Waals surface area contributed by atoms with Crippen LogP contribution in [-0.4, -0.2) is 15.7 Å². The summed E-state index contributed by atoms with van der Waals surface area (Å²) in [6.45, 7) is 2.65. The lowest BCUT2D eigenvalue weighted by atomic mass is 9.96. The normalized spacial score (nSPS) is 17.8. The number of imidazole rings is 1. The predicted molar refractivity (Wildman–Crippen MR) is 45.7 cm³/mol. The van der Waals surface area contributed by atoms with Gasteiger partial charge in [0.25, 0.3) is 0 Å². The van der Waals surface area contributed by atoms with Crippen molar-refractivity contribution in [3.63, 3.8) is 0 Å². The molecule has 0 bridgehead atoms. The van der Waals surface area contributed by atoms with Crippen molar-refractivity contribution in [2.75, 3.05) is 0 Å². The fourth-order valence-electron chi connectivity index (χ4n) is 1.26. The van der Waals surface area contributed by atoms with Crippen LogP contribution in [0.3, 0.4) is 0 Å². The summed E-state index contributed by atoms with van der Waals surface area (Å²) in [6, 6.07) is 0. The van der Waals surface area contributed by atoms with Gasteiger partial charge in [0.15, 0.2) is 0 Å². The molecule has 1 aliphatic carbocycles. The number of ether oxygens (including phenoxy) is 1. The molecule has 0 atom stereocenters. The molecule has 1 saturated carbocycles. The minimum atomic E-state index is 0.506. The largest absolute Gasteiger partial charge is 0.358 e. The third kappa shape index (κ3) is 1.50. The van der Waals surface area contributed by atoms with E-state index in [1.165, 1.54) is 19.3 Å². The van der Waals surface area contributed by atoms with Crippen molar-refractivity contribution in [3.8, 4) is 0 Å². The van der Waals surface area contributed by atoms with Crippen LogP contribution in [0.1, 0.15) is 25.1 Å². The Bertz CT molecular complexity index is 253. The zero-order valence-corrected chi connectivity index (χ0v) is 7.36. The first-order chi connectivity index (χ1) is 5.86. The third-order valence-electron chi connectivity index (χ3n) is 2.43. The van der Waals surface area contributed by atoms with Crippen molar-refractivity contribution in [2.24, 2.45) is 0 Å².